The van der Waals surface area contributed by atoms with Gasteiger partial charge in [0.1, 0.15) is 81.9 Å². The molecule has 0 aromatic heterocycles. The maximum absolute atomic E-state index is 13.6. The van der Waals surface area contributed by atoms with E-state index >= 15 is 0 Å². The summed E-state index contributed by atoms with van der Waals surface area (Å²) < 4.78 is 36.0. The number of rotatable bonds is 11. The molecule has 0 heterocycles. The number of hydrogen-bond acceptors (Lipinski definition) is 30. The number of ether oxygens (including phenoxy) is 1. The number of aromatic hydroxyl groups is 3. The molecule has 6 unspecified atom stereocenters. The van der Waals surface area contributed by atoms with Gasteiger partial charge in [-0.1, -0.05) is 68.1 Å². The lowest BCUT2D eigenvalue weighted by atomic mass is 9.57. The second-order valence-electron chi connectivity index (χ2n) is 28.9. The van der Waals surface area contributed by atoms with Gasteiger partial charge in [0.05, 0.1) is 34.8 Å². The molecule has 9 aliphatic rings. The molecule has 34 nitrogen and oxygen atoms in total. The number of aliphatic hydroxyl groups is 10. The number of primary amides is 3. The van der Waals surface area contributed by atoms with Crippen molar-refractivity contribution in [3.05, 3.63) is 174 Å². The molecule has 4 aromatic rings. The minimum absolute atomic E-state index is 0. The third kappa shape index (κ3) is 14.9. The first-order valence-corrected chi connectivity index (χ1v) is 34.7. The minimum atomic E-state index is -4.64. The van der Waals surface area contributed by atoms with Gasteiger partial charge in [0.15, 0.2) is 34.2 Å². The third-order valence-corrected chi connectivity index (χ3v) is 21.8. The number of benzene rings is 4. The smallest absolute Gasteiger partial charge is 0.446 e. The fourth-order valence-electron chi connectivity index (χ4n) is 16.9. The summed E-state index contributed by atoms with van der Waals surface area (Å²) in [5.41, 5.74) is 20.4. The number of alkyl halides is 3. The molecule has 114 heavy (non-hydrogen) atoms. The van der Waals surface area contributed by atoms with Crippen LogP contribution in [0.5, 0.6) is 17.2 Å². The van der Waals surface area contributed by atoms with Crippen LogP contribution in [0, 0.1) is 35.5 Å². The summed E-state index contributed by atoms with van der Waals surface area (Å²) >= 11 is 0. The van der Waals surface area contributed by atoms with Gasteiger partial charge >= 0.3 is 12.3 Å². The number of nitrogens with zero attached hydrogens (tertiary/aromatic N) is 3. The average molecular weight is 1600 g/mol. The summed E-state index contributed by atoms with van der Waals surface area (Å²) in [6.07, 6.45) is -5.34. The lowest BCUT2D eigenvalue weighted by Gasteiger charge is -2.50. The number of aliphatic hydroxyl groups excluding tert-OH is 7. The number of likely N-dealkylation sites (N-methyl/N-ethyl adjacent to an activating group) is 3. The number of aldehydes is 1. The molecule has 4 aromatic carbocycles. The van der Waals surface area contributed by atoms with Crippen molar-refractivity contribution in [2.24, 2.45) is 64.2 Å². The number of halogens is 3. The number of phenolic OH excluding ortho intramolecular Hbond substituents is 3. The number of fused-ring (bicyclic) bond motifs is 9. The van der Waals surface area contributed by atoms with Crippen molar-refractivity contribution >= 4 is 82.1 Å². The quantitative estimate of drug-likeness (QED) is 0.0567. The Morgan fingerprint density at radius 3 is 1.25 bits per heavy atom. The van der Waals surface area contributed by atoms with E-state index in [0.717, 1.165) is 5.56 Å². The highest BCUT2D eigenvalue weighted by atomic mass is 19.4. The van der Waals surface area contributed by atoms with E-state index in [4.69, 9.17) is 43.3 Å². The molecular formula is C77H88F3N9O25. The Morgan fingerprint density at radius 2 is 0.877 bits per heavy atom. The van der Waals surface area contributed by atoms with Gasteiger partial charge in [0.25, 0.3) is 17.7 Å². The maximum atomic E-state index is 13.6. The molecule has 24 N–H and O–H groups in total. The van der Waals surface area contributed by atoms with Gasteiger partial charge in [0, 0.05) is 53.1 Å². The zero-order valence-corrected chi connectivity index (χ0v) is 61.3. The van der Waals surface area contributed by atoms with Crippen molar-refractivity contribution < 1.29 is 137 Å². The van der Waals surface area contributed by atoms with Crippen LogP contribution in [0.3, 0.4) is 0 Å². The summed E-state index contributed by atoms with van der Waals surface area (Å²) in [4.78, 5) is 139. The molecule has 0 spiro atoms. The molecule has 3 fully saturated rings. The lowest BCUT2D eigenvalue weighted by Crippen LogP contribution is -2.65. The standard InChI is InChI=1S/2C22H25N3O7.C21H22N2O7.C9H11NO3.C2HF3O.CH4/c1-25(2)16-11-6-9-5-10-8(7-23)3-4-12(26)14(10)17(27)13(9)19(29)22(11,32)20(30)15(18(16)28)21(24)31;1-25(2)15-11-6-10-5-8-3-4-9(7-23)16(26)12(8)17(27)13(10)19(29)22(11,32)20(30)14(18(15)28)21(24)31;1-23(2)15-10-7-9-6-8-4-3-5-11(24)12(8)16(25)13(9)18(27)21(10,30)19(28)14(17(15)26)20(22)29;11-7-10-9(12)13-6-8-4-2-1-3-5-8;3-2(4,5)1-6;/h3-4,9,11,16,26-27,30,32H,5-7,23H2,1-2H3,(H2,24,31);3-4,10-11,15,26-27,30,32H,5-7,23H2,1-2H3,(H2,24,31);3-5,9-10,15,24-25,28,30H,6-7H2,1-2H3,(H2,22,29);1-5,11H,6-7H2,(H,10,12);1H;1H4/t9?,11?,16-,22-;10?,11?,15-,22-;9?,10?,15-,21-;;;/m000.../s1. The Labute approximate surface area is 647 Å². The molecule has 0 saturated heterocycles. The summed E-state index contributed by atoms with van der Waals surface area (Å²) in [5, 5.41) is 141. The zero-order valence-electron chi connectivity index (χ0n) is 61.3. The van der Waals surface area contributed by atoms with Crippen molar-refractivity contribution in [3.63, 3.8) is 0 Å². The summed E-state index contributed by atoms with van der Waals surface area (Å²) in [6, 6.07) is 17.1. The van der Waals surface area contributed by atoms with E-state index in [0.29, 0.717) is 34.2 Å². The minimum Gasteiger partial charge on any atom is -0.508 e. The van der Waals surface area contributed by atoms with Crippen molar-refractivity contribution in [1.82, 2.24) is 20.0 Å². The van der Waals surface area contributed by atoms with Crippen LogP contribution in [-0.4, -0.2) is 236 Å². The van der Waals surface area contributed by atoms with Crippen LogP contribution in [0.25, 0.3) is 17.3 Å². The van der Waals surface area contributed by atoms with Gasteiger partial charge < -0.3 is 99.8 Å². The molecule has 0 aliphatic heterocycles. The van der Waals surface area contributed by atoms with Crippen LogP contribution < -0.4 is 34.0 Å². The number of carbonyl (C=O) groups is 11. The Balaban J connectivity index is 0.000000191. The largest absolute Gasteiger partial charge is 0.508 e. The van der Waals surface area contributed by atoms with Crippen molar-refractivity contribution in [2.45, 2.75) is 107 Å². The van der Waals surface area contributed by atoms with Gasteiger partial charge in [-0.3, -0.25) is 68.0 Å². The predicted octanol–water partition coefficient (Wildman–Crippen LogP) is 1.06. The van der Waals surface area contributed by atoms with Crippen molar-refractivity contribution in [1.29, 1.82) is 0 Å². The fourth-order valence-corrected chi connectivity index (χ4v) is 16.9. The first kappa shape index (κ1) is 87.9. The molecule has 0 radical (unpaired) electrons. The predicted molar refractivity (Wildman–Crippen MR) is 394 cm³/mol. The van der Waals surface area contributed by atoms with Crippen LogP contribution in [0.15, 0.2) is 124 Å². The van der Waals surface area contributed by atoms with Crippen LogP contribution in [-0.2, 0) is 91.6 Å². The normalized spacial score (nSPS) is 26.5. The summed E-state index contributed by atoms with van der Waals surface area (Å²) in [7, 11) is 9.34. The van der Waals surface area contributed by atoms with Crippen LogP contribution in [0.1, 0.15) is 76.8 Å². The topological polar surface area (TPSA) is 612 Å². The van der Waals surface area contributed by atoms with Crippen LogP contribution in [0.4, 0.5) is 18.0 Å². The van der Waals surface area contributed by atoms with Gasteiger partial charge in [-0.2, -0.15) is 13.2 Å². The Morgan fingerprint density at radius 1 is 0.518 bits per heavy atom. The SMILES string of the molecule is C.CN(C)[C@@H]1C(=O)C(C(N)=O)=C(O)[C@@]2(O)C(=O)C3=C(O)c4c(O)ccc(CN)c4CC3CC12.CN(C)[C@@H]1C(=O)C(C(N)=O)=C(O)[C@@]2(O)C(=O)C3=C(O)c4c(O)cccc4CC3CC12.CN(C)[C@@H]1C(=O)C(C(N)=O)=C(O)[C@@]2(O)C(=O)C3=C(O)c4c(ccc(CN)c4O)CC3CC12.O=C(NCO)OCc1ccccc1.O=CC(F)(F)F. The molecule has 12 atom stereocenters. The molecule has 37 heteroatoms. The van der Waals surface area contributed by atoms with Gasteiger partial charge in [-0.25, -0.2) is 4.79 Å². The lowest BCUT2D eigenvalue weighted by molar-refractivity contribution is -0.156. The van der Waals surface area contributed by atoms with E-state index in [-0.39, 0.29) is 110 Å². The molecule has 13 rings (SSSR count). The van der Waals surface area contributed by atoms with Gasteiger partial charge in [0.2, 0.25) is 23.6 Å². The Hall–Kier alpha value is -11.7. The molecule has 3 saturated carbocycles. The summed E-state index contributed by atoms with van der Waals surface area (Å²) in [5.74, 6) is -19.7. The van der Waals surface area contributed by atoms with E-state index in [1.165, 1.54) is 26.8 Å². The zero-order chi connectivity index (χ0) is 84.2. The first-order chi connectivity index (χ1) is 52.8. The second kappa shape index (κ2) is 33.2. The van der Waals surface area contributed by atoms with Crippen LogP contribution in [0.2, 0.25) is 0 Å². The monoisotopic (exact) mass is 1600 g/mol. The van der Waals surface area contributed by atoms with E-state index in [1.54, 1.807) is 72.6 Å². The second-order valence-corrected chi connectivity index (χ2v) is 28.9. The first-order valence-electron chi connectivity index (χ1n) is 34.7. The Kier molecular flexibility index (Phi) is 25.6. The van der Waals surface area contributed by atoms with Crippen LogP contribution >= 0.6 is 0 Å². The molecule has 9 aliphatic carbocycles. The number of amides is 4. The molecule has 0 bridgehead atoms. The fraction of sp³-hybridized carbons (Fsp3) is 0.390. The van der Waals surface area contributed by atoms with E-state index < -0.39 is 199 Å². The number of alkyl carbamates (subject to hydrolysis) is 1. The number of phenols is 3. The number of carbonyl (C=O) groups excluding carboxylic acids is 11. The van der Waals surface area contributed by atoms with Crippen molar-refractivity contribution in [3.8, 4) is 17.2 Å². The third-order valence-electron chi connectivity index (χ3n) is 21.8. The van der Waals surface area contributed by atoms with Crippen molar-refractivity contribution in [2.75, 3.05) is 49.0 Å². The van der Waals surface area contributed by atoms with E-state index in [9.17, 15) is 122 Å². The summed E-state index contributed by atoms with van der Waals surface area (Å²) in [6.45, 7) is -0.0485. The van der Waals surface area contributed by atoms with Gasteiger partial charge in [-0.15, -0.1) is 0 Å². The highest BCUT2D eigenvalue weighted by Crippen LogP contribution is 2.57. The number of nitrogens with two attached hydrogens (primary N) is 5. The highest BCUT2D eigenvalue weighted by molar-refractivity contribution is 6.27. The average Bonchev–Trinajstić information content (AvgIpc) is 0.710. The number of ketones is 6. The Bertz CT molecular complexity index is 4830. The number of Topliss-reactive ketones (excluding diaryl/α,β-unsaturated/α-hetero) is 6. The van der Waals surface area contributed by atoms with E-state index in [1.807, 2.05) is 30.3 Å². The number of hydrogen-bond donors (Lipinski definition) is 19. The van der Waals surface area contributed by atoms with Gasteiger partial charge in [-0.05, 0) is 139 Å². The number of nitrogens with one attached hydrogen (secondary N) is 1. The molecule has 4 amide bonds. The van der Waals surface area contributed by atoms with E-state index in [2.05, 4.69) is 5.32 Å². The maximum Gasteiger partial charge on any atom is 0.446 e. The molecular weight excluding hydrogens is 1510 g/mol. The molecule has 612 valence electrons. The highest BCUT2D eigenvalue weighted by Gasteiger charge is 2.68.